The number of carbonyl (C=O) groups excluding carboxylic acids is 1. The van der Waals surface area contributed by atoms with Gasteiger partial charge in [-0.15, -0.1) is 5.10 Å². The highest BCUT2D eigenvalue weighted by Crippen LogP contribution is 2.33. The Labute approximate surface area is 156 Å². The summed E-state index contributed by atoms with van der Waals surface area (Å²) in [7, 11) is 6.22. The fraction of sp³-hybridized carbons (Fsp3) is 0.278. The molecule has 1 aliphatic carbocycles. The third-order valence-electron chi connectivity index (χ3n) is 3.75. The van der Waals surface area contributed by atoms with Gasteiger partial charge in [0.05, 0.1) is 31.7 Å². The van der Waals surface area contributed by atoms with Crippen molar-refractivity contribution in [1.82, 2.24) is 9.61 Å². The van der Waals surface area contributed by atoms with Crippen LogP contribution in [0.15, 0.2) is 52.3 Å². The van der Waals surface area contributed by atoms with Crippen LogP contribution in [0.4, 0.5) is 5.69 Å². The molecule has 1 aliphatic rings. The molecule has 0 saturated carbocycles. The summed E-state index contributed by atoms with van der Waals surface area (Å²) in [5, 5.41) is 14.4. The molecule has 0 aliphatic heterocycles. The van der Waals surface area contributed by atoms with Gasteiger partial charge in [0.2, 0.25) is 5.78 Å². The fourth-order valence-electron chi connectivity index (χ4n) is 2.32. The number of ether oxygens (including phenoxy) is 1. The van der Waals surface area contributed by atoms with Crippen molar-refractivity contribution in [2.75, 3.05) is 34.3 Å². The summed E-state index contributed by atoms with van der Waals surface area (Å²) in [6.07, 6.45) is 4.17. The Balaban J connectivity index is 2.01. The molecule has 7 nitrogen and oxygen atoms in total. The van der Waals surface area contributed by atoms with E-state index in [1.165, 1.54) is 6.08 Å². The lowest BCUT2D eigenvalue weighted by atomic mass is 10.1. The zero-order valence-electron chi connectivity index (χ0n) is 14.8. The van der Waals surface area contributed by atoms with E-state index in [0.29, 0.717) is 18.2 Å². The van der Waals surface area contributed by atoms with Crippen LogP contribution in [0.5, 0.6) is 5.88 Å². The first-order valence-electron chi connectivity index (χ1n) is 8.06. The molecule has 3 rings (SSSR count). The SMILES string of the molecule is C[N+](C)(C)CCOc1nn2ccccc2c1/N=C1\C=C(Cl)C(=O)C=C1O. The van der Waals surface area contributed by atoms with Crippen molar-refractivity contribution in [2.24, 2.45) is 4.99 Å². The molecule has 0 amide bonds. The number of halogens is 1. The molecule has 0 atom stereocenters. The second-order valence-corrected chi connectivity index (χ2v) is 7.34. The highest BCUT2D eigenvalue weighted by molar-refractivity contribution is 6.47. The lowest BCUT2D eigenvalue weighted by Gasteiger charge is -2.23. The highest BCUT2D eigenvalue weighted by atomic mass is 35.5. The first-order valence-corrected chi connectivity index (χ1v) is 8.44. The van der Waals surface area contributed by atoms with E-state index in [4.69, 9.17) is 16.3 Å². The third kappa shape index (κ3) is 3.95. The third-order valence-corrected chi connectivity index (χ3v) is 4.04. The van der Waals surface area contributed by atoms with Crippen molar-refractivity contribution in [2.45, 2.75) is 0 Å². The number of hydrogen-bond acceptors (Lipinski definition) is 5. The van der Waals surface area contributed by atoms with E-state index >= 15 is 0 Å². The summed E-state index contributed by atoms with van der Waals surface area (Å²) < 4.78 is 8.25. The smallest absolute Gasteiger partial charge is 0.260 e. The van der Waals surface area contributed by atoms with E-state index < -0.39 is 5.78 Å². The molecule has 0 radical (unpaired) electrons. The van der Waals surface area contributed by atoms with E-state index in [1.807, 2.05) is 18.2 Å². The number of aromatic nitrogens is 2. The number of nitrogens with zero attached hydrogens (tertiary/aromatic N) is 4. The molecule has 0 unspecified atom stereocenters. The quantitative estimate of drug-likeness (QED) is 0.643. The highest BCUT2D eigenvalue weighted by Gasteiger charge is 2.20. The lowest BCUT2D eigenvalue weighted by Crippen LogP contribution is -2.38. The van der Waals surface area contributed by atoms with Crippen molar-refractivity contribution in [3.63, 3.8) is 0 Å². The summed E-state index contributed by atoms with van der Waals surface area (Å²) in [4.78, 5) is 16.0. The number of hydrogen-bond donors (Lipinski definition) is 1. The number of aliphatic imine (C=N–C) groups is 1. The Morgan fingerprint density at radius 2 is 2.08 bits per heavy atom. The molecule has 26 heavy (non-hydrogen) atoms. The van der Waals surface area contributed by atoms with E-state index in [9.17, 15) is 9.90 Å². The molecule has 0 aromatic carbocycles. The summed E-state index contributed by atoms with van der Waals surface area (Å²) in [6.45, 7) is 1.25. The van der Waals surface area contributed by atoms with Gasteiger partial charge in [0, 0.05) is 12.3 Å². The first kappa shape index (κ1) is 18.2. The standard InChI is InChI=1S/C18H19ClN4O3/c1-23(2,3)8-9-26-18-17(14-6-4-5-7-22(14)21-18)20-13-10-12(19)15(24)11-16(13)25/h4-7,10-11H,8-9H2,1-3H3/p+1/b20-13+. The van der Waals surface area contributed by atoms with E-state index in [-0.39, 0.29) is 16.5 Å². The van der Waals surface area contributed by atoms with Gasteiger partial charge in [-0.25, -0.2) is 9.51 Å². The summed E-state index contributed by atoms with van der Waals surface area (Å²) in [5.41, 5.74) is 1.37. The van der Waals surface area contributed by atoms with Crippen molar-refractivity contribution < 1.29 is 19.1 Å². The van der Waals surface area contributed by atoms with Gasteiger partial charge in [-0.3, -0.25) is 4.79 Å². The zero-order valence-corrected chi connectivity index (χ0v) is 15.6. The number of aliphatic hydroxyl groups is 1. The van der Waals surface area contributed by atoms with Gasteiger partial charge in [-0.1, -0.05) is 17.7 Å². The number of quaternary nitrogens is 1. The van der Waals surface area contributed by atoms with Crippen LogP contribution in [0.3, 0.4) is 0 Å². The predicted octanol–water partition coefficient (Wildman–Crippen LogP) is 2.64. The van der Waals surface area contributed by atoms with Gasteiger partial charge >= 0.3 is 0 Å². The predicted molar refractivity (Wildman–Crippen MR) is 100 cm³/mol. The van der Waals surface area contributed by atoms with Crippen molar-refractivity contribution >= 4 is 34.3 Å². The van der Waals surface area contributed by atoms with Crippen LogP contribution in [0, 0.1) is 0 Å². The molecular formula is C18H20ClN4O3+. The topological polar surface area (TPSA) is 76.2 Å². The second kappa shape index (κ2) is 6.93. The number of pyridine rings is 1. The molecule has 0 fully saturated rings. The molecule has 0 bridgehead atoms. The minimum absolute atomic E-state index is 0.00877. The molecule has 136 valence electrons. The largest absolute Gasteiger partial charge is 0.506 e. The normalized spacial score (nSPS) is 16.8. The van der Waals surface area contributed by atoms with Gasteiger partial charge in [0.15, 0.2) is 5.69 Å². The number of carbonyl (C=O) groups is 1. The minimum atomic E-state index is -0.456. The number of ketones is 1. The average molecular weight is 376 g/mol. The maximum Gasteiger partial charge on any atom is 0.260 e. The number of fused-ring (bicyclic) bond motifs is 1. The van der Waals surface area contributed by atoms with E-state index in [1.54, 1.807) is 10.7 Å². The Hall–Kier alpha value is -2.64. The van der Waals surface area contributed by atoms with Crippen molar-refractivity contribution in [1.29, 1.82) is 0 Å². The summed E-state index contributed by atoms with van der Waals surface area (Å²) in [5.74, 6) is -0.347. The minimum Gasteiger partial charge on any atom is -0.506 e. The maximum atomic E-state index is 11.5. The van der Waals surface area contributed by atoms with Crippen LogP contribution in [0.25, 0.3) is 5.52 Å². The summed E-state index contributed by atoms with van der Waals surface area (Å²) >= 11 is 5.88. The molecule has 0 saturated heterocycles. The Morgan fingerprint density at radius 1 is 1.31 bits per heavy atom. The van der Waals surface area contributed by atoms with Crippen LogP contribution in [-0.4, -0.2) is 65.0 Å². The van der Waals surface area contributed by atoms with Gasteiger partial charge in [-0.05, 0) is 18.2 Å². The van der Waals surface area contributed by atoms with Crippen LogP contribution < -0.4 is 4.74 Å². The van der Waals surface area contributed by atoms with E-state index in [2.05, 4.69) is 31.2 Å². The molecule has 1 N–H and O–H groups in total. The Bertz CT molecular complexity index is 951. The van der Waals surface area contributed by atoms with Crippen LogP contribution in [0.2, 0.25) is 0 Å². The number of aliphatic hydroxyl groups excluding tert-OH is 1. The fourth-order valence-corrected chi connectivity index (χ4v) is 2.48. The molecule has 2 heterocycles. The molecule has 8 heteroatoms. The molecule has 2 aromatic heterocycles. The monoisotopic (exact) mass is 375 g/mol. The van der Waals surface area contributed by atoms with E-state index in [0.717, 1.165) is 22.6 Å². The number of rotatable bonds is 5. The van der Waals surface area contributed by atoms with Gasteiger partial charge in [0.25, 0.3) is 5.88 Å². The zero-order chi connectivity index (χ0) is 18.9. The summed E-state index contributed by atoms with van der Waals surface area (Å²) in [6, 6.07) is 5.55. The number of likely N-dealkylation sites (N-methyl/N-ethyl adjacent to an activating group) is 1. The molecule has 0 spiro atoms. The maximum absolute atomic E-state index is 11.5. The molecular weight excluding hydrogens is 356 g/mol. The van der Waals surface area contributed by atoms with Crippen LogP contribution in [-0.2, 0) is 4.79 Å². The van der Waals surface area contributed by atoms with Crippen LogP contribution >= 0.6 is 11.6 Å². The van der Waals surface area contributed by atoms with Crippen molar-refractivity contribution in [3.05, 3.63) is 47.3 Å². The van der Waals surface area contributed by atoms with Gasteiger partial charge in [-0.2, -0.15) is 0 Å². The second-order valence-electron chi connectivity index (χ2n) is 6.93. The van der Waals surface area contributed by atoms with Crippen molar-refractivity contribution in [3.8, 4) is 5.88 Å². The Morgan fingerprint density at radius 3 is 2.81 bits per heavy atom. The first-order chi connectivity index (χ1) is 12.2. The van der Waals surface area contributed by atoms with Gasteiger partial charge in [0.1, 0.15) is 24.6 Å². The van der Waals surface area contributed by atoms with Crippen LogP contribution in [0.1, 0.15) is 0 Å². The lowest BCUT2D eigenvalue weighted by molar-refractivity contribution is -0.870. The number of allylic oxidation sites excluding steroid dienone is 3. The van der Waals surface area contributed by atoms with Gasteiger partial charge < -0.3 is 14.3 Å². The average Bonchev–Trinajstić information content (AvgIpc) is 2.89. The molecule has 2 aromatic rings. The Kier molecular flexibility index (Phi) is 4.84.